The minimum atomic E-state index is 0.936. The summed E-state index contributed by atoms with van der Waals surface area (Å²) in [6.45, 7) is 4.31. The average molecular weight is 109 g/mol. The predicted octanol–water partition coefficient (Wildman–Crippen LogP) is 2.57. The summed E-state index contributed by atoms with van der Waals surface area (Å²) in [5.74, 6) is 0.936. The molecule has 0 amide bonds. The van der Waals surface area contributed by atoms with Crippen molar-refractivity contribution in [2.24, 2.45) is 5.92 Å². The van der Waals surface area contributed by atoms with E-state index in [1.165, 1.54) is 18.4 Å². The highest BCUT2D eigenvalue weighted by Crippen LogP contribution is 2.33. The van der Waals surface area contributed by atoms with E-state index >= 15 is 0 Å². The van der Waals surface area contributed by atoms with E-state index in [0.717, 1.165) is 5.92 Å². The van der Waals surface area contributed by atoms with E-state index in [2.05, 4.69) is 26.3 Å². The largest absolute Gasteiger partial charge is 0.0887 e. The van der Waals surface area contributed by atoms with Crippen LogP contribution in [-0.4, -0.2) is 0 Å². The third kappa shape index (κ3) is 1.69. The lowest BCUT2D eigenvalue weighted by Crippen LogP contribution is -1.76. The second kappa shape index (κ2) is 2.34. The van der Waals surface area contributed by atoms with Crippen molar-refractivity contribution < 1.29 is 0 Å². The zero-order chi connectivity index (χ0) is 5.98. The fourth-order valence-electron chi connectivity index (χ4n) is 0.794. The molecule has 0 N–H and O–H groups in total. The molecule has 0 aliphatic heterocycles. The Hall–Kier alpha value is -0.260. The third-order valence-electron chi connectivity index (χ3n) is 1.65. The molecule has 0 bridgehead atoms. The Labute approximate surface area is 51.6 Å². The lowest BCUT2D eigenvalue weighted by atomic mass is 10.1. The van der Waals surface area contributed by atoms with Gasteiger partial charge in [0.1, 0.15) is 0 Å². The molecule has 1 aliphatic carbocycles. The fourth-order valence-corrected chi connectivity index (χ4v) is 0.794. The molecule has 1 radical (unpaired) electrons. The molecule has 1 rings (SSSR count). The molecule has 1 atom stereocenters. The van der Waals surface area contributed by atoms with Crippen molar-refractivity contribution in [2.45, 2.75) is 26.7 Å². The minimum absolute atomic E-state index is 0.936. The number of rotatable bonds is 2. The summed E-state index contributed by atoms with van der Waals surface area (Å²) in [5, 5.41) is 0. The van der Waals surface area contributed by atoms with Crippen LogP contribution in [0.25, 0.3) is 0 Å². The van der Waals surface area contributed by atoms with Gasteiger partial charge in [-0.2, -0.15) is 0 Å². The van der Waals surface area contributed by atoms with Gasteiger partial charge in [-0.15, -0.1) is 0 Å². The molecule has 0 heteroatoms. The summed E-state index contributed by atoms with van der Waals surface area (Å²) >= 11 is 0. The van der Waals surface area contributed by atoms with Crippen molar-refractivity contribution in [3.8, 4) is 0 Å². The molecule has 1 saturated carbocycles. The van der Waals surface area contributed by atoms with Crippen LogP contribution in [0.3, 0.4) is 0 Å². The highest BCUT2D eigenvalue weighted by molar-refractivity contribution is 5.06. The Balaban J connectivity index is 2.16. The molecule has 0 spiro atoms. The van der Waals surface area contributed by atoms with Gasteiger partial charge in [-0.3, -0.25) is 0 Å². The van der Waals surface area contributed by atoms with E-state index in [1.54, 1.807) is 0 Å². The Kier molecular flexibility index (Phi) is 1.72. The van der Waals surface area contributed by atoms with Crippen LogP contribution in [0.4, 0.5) is 0 Å². The first-order valence-corrected chi connectivity index (χ1v) is 3.28. The first kappa shape index (κ1) is 5.87. The van der Waals surface area contributed by atoms with E-state index in [0.29, 0.717) is 0 Å². The van der Waals surface area contributed by atoms with Crippen LogP contribution in [0.15, 0.2) is 11.6 Å². The molecule has 0 nitrogen and oxygen atoms in total. The number of hydrogen-bond donors (Lipinski definition) is 0. The lowest BCUT2D eigenvalue weighted by molar-refractivity contribution is 0.844. The second-order valence-electron chi connectivity index (χ2n) is 2.57. The Morgan fingerprint density at radius 3 is 2.88 bits per heavy atom. The van der Waals surface area contributed by atoms with Gasteiger partial charge >= 0.3 is 0 Å². The smallest absolute Gasteiger partial charge is 0.0292 e. The molecule has 1 aliphatic rings. The molecule has 0 aromatic carbocycles. The molecule has 1 unspecified atom stereocenters. The van der Waals surface area contributed by atoms with Crippen molar-refractivity contribution in [2.75, 3.05) is 0 Å². The molecule has 0 heterocycles. The van der Waals surface area contributed by atoms with Crippen LogP contribution in [-0.2, 0) is 0 Å². The Bertz CT molecular complexity index is 96.6. The Morgan fingerprint density at radius 2 is 2.50 bits per heavy atom. The van der Waals surface area contributed by atoms with Gasteiger partial charge in [-0.05, 0) is 39.0 Å². The van der Waals surface area contributed by atoms with Gasteiger partial charge in [0.2, 0.25) is 0 Å². The summed E-state index contributed by atoms with van der Waals surface area (Å²) in [6.07, 6.45) is 7.22. The van der Waals surface area contributed by atoms with Crippen molar-refractivity contribution in [3.63, 3.8) is 0 Å². The van der Waals surface area contributed by atoms with Gasteiger partial charge in [-0.1, -0.05) is 11.6 Å². The molecule has 0 aromatic rings. The molecule has 45 valence electrons. The SMILES string of the molecule is CC=C(C)CC1[CH]C1. The lowest BCUT2D eigenvalue weighted by Gasteiger charge is -1.93. The van der Waals surface area contributed by atoms with Crippen LogP contribution in [0.1, 0.15) is 26.7 Å². The van der Waals surface area contributed by atoms with Crippen molar-refractivity contribution in [1.82, 2.24) is 0 Å². The van der Waals surface area contributed by atoms with Crippen LogP contribution < -0.4 is 0 Å². The molecular formula is C8H13. The van der Waals surface area contributed by atoms with E-state index < -0.39 is 0 Å². The minimum Gasteiger partial charge on any atom is -0.0887 e. The van der Waals surface area contributed by atoms with E-state index in [9.17, 15) is 0 Å². The number of hydrogen-bond acceptors (Lipinski definition) is 0. The second-order valence-corrected chi connectivity index (χ2v) is 2.57. The summed E-state index contributed by atoms with van der Waals surface area (Å²) in [5.41, 5.74) is 1.53. The van der Waals surface area contributed by atoms with Crippen molar-refractivity contribution in [1.29, 1.82) is 0 Å². The fraction of sp³-hybridized carbons (Fsp3) is 0.625. The van der Waals surface area contributed by atoms with E-state index in [4.69, 9.17) is 0 Å². The average Bonchev–Trinajstić information content (AvgIpc) is 2.50. The van der Waals surface area contributed by atoms with E-state index in [-0.39, 0.29) is 0 Å². The maximum atomic E-state index is 2.37. The van der Waals surface area contributed by atoms with Gasteiger partial charge in [0.25, 0.3) is 0 Å². The molecular weight excluding hydrogens is 96.1 g/mol. The maximum Gasteiger partial charge on any atom is -0.0292 e. The standard InChI is InChI=1S/C8H13/c1-3-7(2)6-8-4-5-8/h3-4,8H,5-6H2,1-2H3. The van der Waals surface area contributed by atoms with Crippen molar-refractivity contribution in [3.05, 3.63) is 18.1 Å². The zero-order valence-corrected chi connectivity index (χ0v) is 5.65. The highest BCUT2D eigenvalue weighted by atomic mass is 14.3. The predicted molar refractivity (Wildman–Crippen MR) is 36.5 cm³/mol. The quantitative estimate of drug-likeness (QED) is 0.478. The number of allylic oxidation sites excluding steroid dienone is 2. The van der Waals surface area contributed by atoms with Crippen LogP contribution in [0.2, 0.25) is 0 Å². The first-order chi connectivity index (χ1) is 3.83. The Morgan fingerprint density at radius 1 is 1.88 bits per heavy atom. The summed E-state index contributed by atoms with van der Waals surface area (Å²) < 4.78 is 0. The highest BCUT2D eigenvalue weighted by Gasteiger charge is 2.20. The van der Waals surface area contributed by atoms with Gasteiger partial charge < -0.3 is 0 Å². The monoisotopic (exact) mass is 109 g/mol. The maximum absolute atomic E-state index is 2.37. The molecule has 1 fully saturated rings. The molecule has 0 saturated heterocycles. The van der Waals surface area contributed by atoms with Gasteiger partial charge in [-0.25, -0.2) is 0 Å². The summed E-state index contributed by atoms with van der Waals surface area (Å²) in [7, 11) is 0. The zero-order valence-electron chi connectivity index (χ0n) is 5.65. The summed E-state index contributed by atoms with van der Waals surface area (Å²) in [4.78, 5) is 0. The normalized spacial score (nSPS) is 21.5. The van der Waals surface area contributed by atoms with Crippen molar-refractivity contribution >= 4 is 0 Å². The van der Waals surface area contributed by atoms with Crippen LogP contribution in [0, 0.1) is 12.3 Å². The topological polar surface area (TPSA) is 0 Å². The van der Waals surface area contributed by atoms with Gasteiger partial charge in [0.05, 0.1) is 0 Å². The first-order valence-electron chi connectivity index (χ1n) is 3.28. The third-order valence-corrected chi connectivity index (χ3v) is 1.65. The summed E-state index contributed by atoms with van der Waals surface area (Å²) in [6, 6.07) is 0. The molecule has 8 heavy (non-hydrogen) atoms. The van der Waals surface area contributed by atoms with E-state index in [1.807, 2.05) is 0 Å². The van der Waals surface area contributed by atoms with Crippen LogP contribution in [0.5, 0.6) is 0 Å². The van der Waals surface area contributed by atoms with Crippen LogP contribution >= 0.6 is 0 Å². The van der Waals surface area contributed by atoms with Gasteiger partial charge in [0, 0.05) is 0 Å². The molecule has 0 aromatic heterocycles. The van der Waals surface area contributed by atoms with Gasteiger partial charge in [0.15, 0.2) is 0 Å².